The smallest absolute Gasteiger partial charge is 0.0391 e. The van der Waals surface area contributed by atoms with Crippen LogP contribution in [0, 0.1) is 23.7 Å². The third-order valence-electron chi connectivity index (χ3n) is 2.93. The van der Waals surface area contributed by atoms with E-state index < -0.39 is 0 Å². The first kappa shape index (κ1) is 21.3. The molecule has 102 valence electrons. The average Bonchev–Trinajstić information content (AvgIpc) is 2.17. The van der Waals surface area contributed by atoms with Crippen molar-refractivity contribution in [1.29, 1.82) is 0 Å². The Morgan fingerprint density at radius 1 is 0.500 bits per heavy atom. The van der Waals surface area contributed by atoms with Crippen molar-refractivity contribution in [3.05, 3.63) is 0 Å². The van der Waals surface area contributed by atoms with Gasteiger partial charge in [0.1, 0.15) is 0 Å². The van der Waals surface area contributed by atoms with E-state index in [1.54, 1.807) is 0 Å². The zero-order chi connectivity index (χ0) is 13.7. The van der Waals surface area contributed by atoms with Gasteiger partial charge in [0.2, 0.25) is 0 Å². The summed E-state index contributed by atoms with van der Waals surface area (Å²) in [5.41, 5.74) is 0. The molecule has 0 fully saturated rings. The second kappa shape index (κ2) is 15.0. The van der Waals surface area contributed by atoms with E-state index in [1.165, 1.54) is 12.8 Å². The Balaban J connectivity index is -0.000000235. The molecule has 0 aromatic rings. The predicted molar refractivity (Wildman–Crippen MR) is 79.9 cm³/mol. The average molecular weight is 230 g/mol. The van der Waals surface area contributed by atoms with Crippen LogP contribution in [0.15, 0.2) is 0 Å². The van der Waals surface area contributed by atoms with E-state index in [9.17, 15) is 0 Å². The highest BCUT2D eigenvalue weighted by molar-refractivity contribution is 4.67. The summed E-state index contributed by atoms with van der Waals surface area (Å²) in [7, 11) is 0. The fourth-order valence-corrected chi connectivity index (χ4v) is 1.21. The zero-order valence-corrected chi connectivity index (χ0v) is 13.7. The molecule has 0 radical (unpaired) electrons. The van der Waals surface area contributed by atoms with E-state index in [2.05, 4.69) is 69.2 Å². The topological polar surface area (TPSA) is 0 Å². The first-order valence-corrected chi connectivity index (χ1v) is 7.29. The molecule has 0 saturated heterocycles. The molecular weight excluding hydrogens is 192 g/mol. The van der Waals surface area contributed by atoms with Crippen molar-refractivity contribution >= 4 is 0 Å². The first-order valence-electron chi connectivity index (χ1n) is 7.29. The molecule has 0 saturated carbocycles. The summed E-state index contributed by atoms with van der Waals surface area (Å²) in [5.74, 6) is 3.38. The van der Waals surface area contributed by atoms with Crippen LogP contribution in [0.3, 0.4) is 0 Å². The molecule has 0 aliphatic carbocycles. The zero-order valence-electron chi connectivity index (χ0n) is 13.7. The van der Waals surface area contributed by atoms with E-state index in [0.717, 1.165) is 23.7 Å². The molecule has 0 N–H and O–H groups in total. The Labute approximate surface area is 106 Å². The van der Waals surface area contributed by atoms with E-state index in [1.807, 2.05) is 0 Å². The van der Waals surface area contributed by atoms with Crippen molar-refractivity contribution in [1.82, 2.24) is 0 Å². The maximum atomic E-state index is 2.36. The van der Waals surface area contributed by atoms with Gasteiger partial charge in [-0.2, -0.15) is 0 Å². The van der Waals surface area contributed by atoms with Gasteiger partial charge < -0.3 is 0 Å². The highest BCUT2D eigenvalue weighted by atomic mass is 14.2. The lowest BCUT2D eigenvalue weighted by Gasteiger charge is -2.26. The van der Waals surface area contributed by atoms with Crippen molar-refractivity contribution in [3.8, 4) is 0 Å². The minimum absolute atomic E-state index is 0.831. The van der Waals surface area contributed by atoms with Crippen LogP contribution in [-0.4, -0.2) is 0 Å². The molecule has 0 aromatic carbocycles. The lowest BCUT2D eigenvalue weighted by atomic mass is 9.80. The summed E-state index contributed by atoms with van der Waals surface area (Å²) >= 11 is 0. The highest BCUT2D eigenvalue weighted by Gasteiger charge is 2.17. The quantitative estimate of drug-likeness (QED) is 0.526. The fraction of sp³-hybridized carbons (Fsp3) is 1.00. The van der Waals surface area contributed by atoms with Gasteiger partial charge in [0.05, 0.1) is 0 Å². The van der Waals surface area contributed by atoms with Crippen LogP contribution in [0.1, 0.15) is 82.1 Å². The number of hydrogen-bond donors (Lipinski definition) is 0. The van der Waals surface area contributed by atoms with Crippen LogP contribution in [0.5, 0.6) is 0 Å². The van der Waals surface area contributed by atoms with Crippen molar-refractivity contribution in [2.45, 2.75) is 82.1 Å². The van der Waals surface area contributed by atoms with Gasteiger partial charge in [-0.15, -0.1) is 0 Å². The fourth-order valence-electron chi connectivity index (χ4n) is 1.21. The summed E-state index contributed by atoms with van der Waals surface area (Å²) in [4.78, 5) is 0. The monoisotopic (exact) mass is 230 g/mol. The molecule has 0 nitrogen and oxygen atoms in total. The van der Waals surface area contributed by atoms with E-state index >= 15 is 0 Å². The van der Waals surface area contributed by atoms with Gasteiger partial charge in [-0.3, -0.25) is 0 Å². The summed E-state index contributed by atoms with van der Waals surface area (Å²) in [6.45, 7) is 22.4. The molecule has 0 aliphatic rings. The predicted octanol–water partition coefficient (Wildman–Crippen LogP) is 6.40. The molecule has 0 heterocycles. The summed E-state index contributed by atoms with van der Waals surface area (Å²) in [5, 5.41) is 0. The minimum Gasteiger partial charge on any atom is -0.0656 e. The van der Waals surface area contributed by atoms with Crippen LogP contribution in [-0.2, 0) is 0 Å². The highest BCUT2D eigenvalue weighted by Crippen LogP contribution is 2.25. The Morgan fingerprint density at radius 2 is 0.625 bits per heavy atom. The van der Waals surface area contributed by atoms with Gasteiger partial charge in [-0.05, 0) is 23.7 Å². The van der Waals surface area contributed by atoms with Crippen molar-refractivity contribution in [3.63, 3.8) is 0 Å². The first-order chi connectivity index (χ1) is 7.29. The molecule has 0 spiro atoms. The normalized spacial score (nSPS) is 13.5. The Morgan fingerprint density at radius 3 is 0.688 bits per heavy atom. The van der Waals surface area contributed by atoms with Crippen molar-refractivity contribution in [2.24, 2.45) is 23.7 Å². The van der Waals surface area contributed by atoms with Crippen LogP contribution >= 0.6 is 0 Å². The standard InChI is InChI=1S/C10H22.2C3H8/c1-7(2)9(5)10(6)8(3)4;2*1-3-2/h7-10H,1-6H3;2*3H2,1-2H3. The van der Waals surface area contributed by atoms with E-state index in [4.69, 9.17) is 0 Å². The van der Waals surface area contributed by atoms with Crippen molar-refractivity contribution < 1.29 is 0 Å². The molecule has 2 atom stereocenters. The molecule has 0 rings (SSSR count). The second-order valence-electron chi connectivity index (χ2n) is 5.62. The molecule has 0 heteroatoms. The molecule has 16 heavy (non-hydrogen) atoms. The van der Waals surface area contributed by atoms with Crippen LogP contribution in [0.25, 0.3) is 0 Å². The number of hydrogen-bond acceptors (Lipinski definition) is 0. The van der Waals surface area contributed by atoms with Crippen LogP contribution in [0.2, 0.25) is 0 Å². The minimum atomic E-state index is 0.831. The third kappa shape index (κ3) is 16.4. The van der Waals surface area contributed by atoms with Gasteiger partial charge in [-0.25, -0.2) is 0 Å². The lowest BCUT2D eigenvalue weighted by molar-refractivity contribution is 0.235. The molecule has 0 aromatic heterocycles. The molecule has 2 unspecified atom stereocenters. The van der Waals surface area contributed by atoms with Crippen molar-refractivity contribution in [2.75, 3.05) is 0 Å². The largest absolute Gasteiger partial charge is 0.0656 e. The SMILES string of the molecule is CC(C)C(C)C(C)C(C)C.CCC.CCC. The Hall–Kier alpha value is 0. The maximum Gasteiger partial charge on any atom is -0.0391 e. The number of rotatable bonds is 3. The summed E-state index contributed by atoms with van der Waals surface area (Å²) in [6, 6.07) is 0. The van der Waals surface area contributed by atoms with Crippen LogP contribution < -0.4 is 0 Å². The van der Waals surface area contributed by atoms with Gasteiger partial charge >= 0.3 is 0 Å². The van der Waals surface area contributed by atoms with Gasteiger partial charge in [0, 0.05) is 0 Å². The van der Waals surface area contributed by atoms with Crippen LogP contribution in [0.4, 0.5) is 0 Å². The second-order valence-corrected chi connectivity index (χ2v) is 5.62. The Kier molecular flexibility index (Phi) is 20.0. The van der Waals surface area contributed by atoms with Gasteiger partial charge in [0.25, 0.3) is 0 Å². The van der Waals surface area contributed by atoms with Gasteiger partial charge in [-0.1, -0.05) is 82.1 Å². The third-order valence-corrected chi connectivity index (χ3v) is 2.93. The molecule has 0 bridgehead atoms. The maximum absolute atomic E-state index is 2.36. The lowest BCUT2D eigenvalue weighted by Crippen LogP contribution is -2.18. The molecular formula is C16H38. The summed E-state index contributed by atoms with van der Waals surface area (Å²) in [6.07, 6.45) is 2.50. The summed E-state index contributed by atoms with van der Waals surface area (Å²) < 4.78 is 0. The molecule has 0 amide bonds. The van der Waals surface area contributed by atoms with E-state index in [-0.39, 0.29) is 0 Å². The van der Waals surface area contributed by atoms with E-state index in [0.29, 0.717) is 0 Å². The van der Waals surface area contributed by atoms with Gasteiger partial charge in [0.15, 0.2) is 0 Å². The Bertz CT molecular complexity index is 88.6. The molecule has 0 aliphatic heterocycles.